The van der Waals surface area contributed by atoms with Gasteiger partial charge in [0.25, 0.3) is 0 Å². The largest absolute Gasteiger partial charge is 0.469 e. The maximum atomic E-state index is 12.3. The number of carbonyl (C=O) groups excluding carboxylic acids is 2. The Bertz CT molecular complexity index is 818. The summed E-state index contributed by atoms with van der Waals surface area (Å²) in [6, 6.07) is 0. The van der Waals surface area contributed by atoms with Gasteiger partial charge in [0.05, 0.1) is 6.61 Å². The van der Waals surface area contributed by atoms with Crippen LogP contribution in [-0.4, -0.2) is 41.0 Å². The monoisotopic (exact) mass is 642 g/mol. The molecule has 1 unspecified atom stereocenters. The zero-order chi connectivity index (χ0) is 32.6. The predicted molar refractivity (Wildman–Crippen MR) is 179 cm³/mol. The second-order valence-electron chi connectivity index (χ2n) is 11.5. The Morgan fingerprint density at radius 2 is 1.07 bits per heavy atom. The lowest BCUT2D eigenvalue weighted by atomic mass is 10.1. The number of esters is 2. The van der Waals surface area contributed by atoms with Crippen LogP contribution in [0.25, 0.3) is 0 Å². The predicted octanol–water partition coefficient (Wildman–Crippen LogP) is 9.84. The van der Waals surface area contributed by atoms with Crippen LogP contribution in [-0.2, 0) is 28.2 Å². The van der Waals surface area contributed by atoms with E-state index in [0.717, 1.165) is 77.0 Å². The third kappa shape index (κ3) is 33.2. The average molecular weight is 643 g/mol. The number of allylic oxidation sites excluding steroid dienone is 6. The van der Waals surface area contributed by atoms with Crippen LogP contribution in [0.4, 0.5) is 0 Å². The molecule has 256 valence electrons. The summed E-state index contributed by atoms with van der Waals surface area (Å²) < 4.78 is 26.2. The fraction of sp³-hybridized carbons (Fsp3) is 0.771. The molecule has 9 heteroatoms. The Morgan fingerprint density at radius 3 is 1.61 bits per heavy atom. The molecular weight excluding hydrogens is 579 g/mol. The van der Waals surface area contributed by atoms with E-state index in [2.05, 4.69) is 54.8 Å². The van der Waals surface area contributed by atoms with Gasteiger partial charge in [0.2, 0.25) is 0 Å². The quantitative estimate of drug-likeness (QED) is 0.0332. The van der Waals surface area contributed by atoms with Gasteiger partial charge in [-0.25, -0.2) is 4.57 Å². The molecule has 0 radical (unpaired) electrons. The van der Waals surface area contributed by atoms with Crippen LogP contribution in [0.1, 0.15) is 155 Å². The molecule has 0 aliphatic rings. The Morgan fingerprint density at radius 1 is 0.591 bits per heavy atom. The normalized spacial score (nSPS) is 12.9. The van der Waals surface area contributed by atoms with Crippen LogP contribution in [0.3, 0.4) is 0 Å². The van der Waals surface area contributed by atoms with Crippen LogP contribution in [0.2, 0.25) is 0 Å². The van der Waals surface area contributed by atoms with Gasteiger partial charge in [-0.3, -0.25) is 14.1 Å². The summed E-state index contributed by atoms with van der Waals surface area (Å²) in [6.45, 7) is 3.56. The van der Waals surface area contributed by atoms with Crippen molar-refractivity contribution >= 4 is 19.8 Å². The van der Waals surface area contributed by atoms with Gasteiger partial charge < -0.3 is 19.3 Å². The lowest BCUT2D eigenvalue weighted by Gasteiger charge is -2.18. The minimum absolute atomic E-state index is 0.194. The number of carbonyl (C=O) groups is 2. The maximum absolute atomic E-state index is 12.3. The van der Waals surface area contributed by atoms with E-state index in [9.17, 15) is 14.2 Å². The molecule has 0 aliphatic carbocycles. The van der Waals surface area contributed by atoms with Gasteiger partial charge >= 0.3 is 19.8 Å². The zero-order valence-corrected chi connectivity index (χ0v) is 28.7. The standard InChI is InChI=1S/C35H63O8P/c1-3-5-7-9-11-13-15-17-19-21-23-25-27-29-34(36)41-31-33(32-42-44(38,39)40)43-35(37)30-28-26-24-22-20-18-16-14-12-10-8-6-4-2/h8,10,13-16,33H,3-7,9,11-12,17-32H2,1-2H3,(H2,38,39,40)/b10-8-,15-13-,16-14-. The summed E-state index contributed by atoms with van der Waals surface area (Å²) in [6.07, 6.45) is 34.3. The molecule has 2 N–H and O–H groups in total. The summed E-state index contributed by atoms with van der Waals surface area (Å²) in [4.78, 5) is 42.5. The lowest BCUT2D eigenvalue weighted by molar-refractivity contribution is -0.161. The summed E-state index contributed by atoms with van der Waals surface area (Å²) in [5.41, 5.74) is 0. The second kappa shape index (κ2) is 31.3. The first-order valence-corrected chi connectivity index (χ1v) is 18.8. The minimum Gasteiger partial charge on any atom is -0.462 e. The van der Waals surface area contributed by atoms with Gasteiger partial charge in [0, 0.05) is 12.8 Å². The highest BCUT2D eigenvalue weighted by atomic mass is 31.2. The molecular formula is C35H63O8P. The highest BCUT2D eigenvalue weighted by Crippen LogP contribution is 2.35. The molecule has 8 nitrogen and oxygen atoms in total. The van der Waals surface area contributed by atoms with E-state index in [-0.39, 0.29) is 19.4 Å². The van der Waals surface area contributed by atoms with Gasteiger partial charge in [-0.05, 0) is 64.2 Å². The zero-order valence-electron chi connectivity index (χ0n) is 27.8. The van der Waals surface area contributed by atoms with E-state index in [0.29, 0.717) is 12.8 Å². The van der Waals surface area contributed by atoms with Crippen molar-refractivity contribution in [3.63, 3.8) is 0 Å². The molecule has 0 heterocycles. The summed E-state index contributed by atoms with van der Waals surface area (Å²) in [7, 11) is -4.75. The number of unbranched alkanes of at least 4 members (excludes halogenated alkanes) is 15. The van der Waals surface area contributed by atoms with E-state index >= 15 is 0 Å². The third-order valence-corrected chi connectivity index (χ3v) is 7.60. The number of rotatable bonds is 31. The minimum atomic E-state index is -4.75. The number of ether oxygens (including phenoxy) is 2. The molecule has 0 bridgehead atoms. The van der Waals surface area contributed by atoms with Crippen molar-refractivity contribution in [1.29, 1.82) is 0 Å². The smallest absolute Gasteiger partial charge is 0.462 e. The van der Waals surface area contributed by atoms with E-state index < -0.39 is 32.5 Å². The van der Waals surface area contributed by atoms with E-state index in [1.54, 1.807) is 0 Å². The molecule has 0 saturated heterocycles. The van der Waals surface area contributed by atoms with Crippen LogP contribution in [0.15, 0.2) is 36.5 Å². The van der Waals surface area contributed by atoms with E-state index in [1.807, 2.05) is 0 Å². The van der Waals surface area contributed by atoms with Crippen molar-refractivity contribution in [2.24, 2.45) is 0 Å². The Kier molecular flexibility index (Phi) is 30.0. The van der Waals surface area contributed by atoms with Crippen molar-refractivity contribution in [2.75, 3.05) is 13.2 Å². The second-order valence-corrected chi connectivity index (χ2v) is 12.7. The Labute approximate surface area is 268 Å². The van der Waals surface area contributed by atoms with Gasteiger partial charge in [-0.2, -0.15) is 0 Å². The lowest BCUT2D eigenvalue weighted by Crippen LogP contribution is -2.29. The van der Waals surface area contributed by atoms with Crippen molar-refractivity contribution in [3.8, 4) is 0 Å². The first-order chi connectivity index (χ1) is 21.3. The molecule has 0 aromatic rings. The number of phosphoric acid groups is 1. The summed E-state index contributed by atoms with van der Waals surface area (Å²) >= 11 is 0. The average Bonchev–Trinajstić information content (AvgIpc) is 2.98. The molecule has 0 amide bonds. The molecule has 0 spiro atoms. The summed E-state index contributed by atoms with van der Waals surface area (Å²) in [5, 5.41) is 0. The van der Waals surface area contributed by atoms with Crippen LogP contribution < -0.4 is 0 Å². The van der Waals surface area contributed by atoms with Gasteiger partial charge in [0.1, 0.15) is 6.61 Å². The highest BCUT2D eigenvalue weighted by Gasteiger charge is 2.22. The molecule has 0 fully saturated rings. The van der Waals surface area contributed by atoms with Crippen LogP contribution >= 0.6 is 7.82 Å². The summed E-state index contributed by atoms with van der Waals surface area (Å²) in [5.74, 6) is -0.915. The fourth-order valence-corrected chi connectivity index (χ4v) is 4.88. The molecule has 0 rings (SSSR count). The number of hydrogen-bond donors (Lipinski definition) is 2. The van der Waals surface area contributed by atoms with Crippen molar-refractivity contribution < 1.29 is 37.9 Å². The molecule has 44 heavy (non-hydrogen) atoms. The number of hydrogen-bond acceptors (Lipinski definition) is 6. The van der Waals surface area contributed by atoms with E-state index in [1.165, 1.54) is 38.5 Å². The third-order valence-electron chi connectivity index (χ3n) is 7.11. The molecule has 0 saturated carbocycles. The van der Waals surface area contributed by atoms with Gasteiger partial charge in [-0.1, -0.05) is 115 Å². The fourth-order valence-electron chi connectivity index (χ4n) is 4.52. The van der Waals surface area contributed by atoms with Crippen molar-refractivity contribution in [3.05, 3.63) is 36.5 Å². The van der Waals surface area contributed by atoms with Gasteiger partial charge in [-0.15, -0.1) is 0 Å². The molecule has 0 aromatic heterocycles. The Hall–Kier alpha value is -1.73. The molecule has 0 aromatic carbocycles. The van der Waals surface area contributed by atoms with Crippen molar-refractivity contribution in [1.82, 2.24) is 0 Å². The SMILES string of the molecule is CCC/C=C\C/C=C\CCCCCCCC(=O)OC(COC(=O)CCCCCCC/C=C\CCCCCC)COP(=O)(O)O. The maximum Gasteiger partial charge on any atom is 0.469 e. The molecule has 1 atom stereocenters. The topological polar surface area (TPSA) is 119 Å². The molecule has 0 aliphatic heterocycles. The van der Waals surface area contributed by atoms with Crippen molar-refractivity contribution in [2.45, 2.75) is 161 Å². The first kappa shape index (κ1) is 42.3. The van der Waals surface area contributed by atoms with Crippen LogP contribution in [0, 0.1) is 0 Å². The van der Waals surface area contributed by atoms with E-state index in [4.69, 9.17) is 19.3 Å². The van der Waals surface area contributed by atoms with Crippen LogP contribution in [0.5, 0.6) is 0 Å². The van der Waals surface area contributed by atoms with Gasteiger partial charge in [0.15, 0.2) is 6.10 Å². The number of phosphoric ester groups is 1. The first-order valence-electron chi connectivity index (χ1n) is 17.3. The highest BCUT2D eigenvalue weighted by molar-refractivity contribution is 7.46. The Balaban J connectivity index is 4.05.